The summed E-state index contributed by atoms with van der Waals surface area (Å²) in [5, 5.41) is 11.1. The summed E-state index contributed by atoms with van der Waals surface area (Å²) in [6, 6.07) is 9.52. The van der Waals surface area contributed by atoms with Gasteiger partial charge in [-0.2, -0.15) is 5.10 Å². The Morgan fingerprint density at radius 1 is 1.25 bits per heavy atom. The number of hydrogen-bond acceptors (Lipinski definition) is 7. The van der Waals surface area contributed by atoms with Crippen LogP contribution in [0.3, 0.4) is 0 Å². The highest BCUT2D eigenvalue weighted by Gasteiger charge is 2.29. The van der Waals surface area contributed by atoms with Gasteiger partial charge in [0.2, 0.25) is 12.7 Å². The summed E-state index contributed by atoms with van der Waals surface area (Å²) in [5.41, 5.74) is 0.721. The molecule has 148 valence electrons. The van der Waals surface area contributed by atoms with Gasteiger partial charge in [-0.25, -0.2) is 0 Å². The molecule has 0 bridgehead atoms. The third-order valence-corrected chi connectivity index (χ3v) is 5.53. The number of amides is 1. The summed E-state index contributed by atoms with van der Waals surface area (Å²) in [4.78, 5) is 17.1. The van der Waals surface area contributed by atoms with Crippen molar-refractivity contribution in [3.8, 4) is 11.5 Å². The van der Waals surface area contributed by atoms with Gasteiger partial charge in [0.1, 0.15) is 0 Å². The second kappa shape index (κ2) is 8.02. The zero-order valence-corrected chi connectivity index (χ0v) is 16.2. The number of benzene rings is 1. The number of piperidine rings is 1. The Labute approximate surface area is 164 Å². The first-order valence-electron chi connectivity index (χ1n) is 9.57. The third kappa shape index (κ3) is 3.87. The molecular weight excluding hydrogens is 358 g/mol. The highest BCUT2D eigenvalue weighted by Crippen LogP contribution is 2.34. The molecule has 1 aromatic carbocycles. The van der Waals surface area contributed by atoms with E-state index in [1.165, 1.54) is 0 Å². The molecule has 1 aromatic heterocycles. The number of ether oxygens (including phenoxy) is 2. The predicted octanol–water partition coefficient (Wildman–Crippen LogP) is 2.13. The molecule has 0 aliphatic carbocycles. The average molecular weight is 383 g/mol. The van der Waals surface area contributed by atoms with Crippen LogP contribution in [0.2, 0.25) is 0 Å². The van der Waals surface area contributed by atoms with E-state index >= 15 is 0 Å². The summed E-state index contributed by atoms with van der Waals surface area (Å²) in [6.45, 7) is 3.91. The van der Waals surface area contributed by atoms with E-state index in [9.17, 15) is 4.79 Å². The van der Waals surface area contributed by atoms with Gasteiger partial charge in [0.15, 0.2) is 17.3 Å². The molecule has 0 radical (unpaired) electrons. The van der Waals surface area contributed by atoms with Crippen molar-refractivity contribution in [1.29, 1.82) is 0 Å². The summed E-state index contributed by atoms with van der Waals surface area (Å²) in [5.74, 6) is 2.24. The first-order chi connectivity index (χ1) is 13.6. The number of hydrogen-bond donors (Lipinski definition) is 1. The molecule has 1 unspecified atom stereocenters. The minimum atomic E-state index is -0.201. The fraction of sp³-hybridized carbons (Fsp3) is 0.450. The number of nitrogens with zero attached hydrogens (tertiary/aromatic N) is 4. The Bertz CT molecular complexity index is 824. The van der Waals surface area contributed by atoms with Crippen LogP contribution < -0.4 is 19.7 Å². The van der Waals surface area contributed by atoms with Gasteiger partial charge in [-0.15, -0.1) is 5.10 Å². The lowest BCUT2D eigenvalue weighted by Crippen LogP contribution is -2.50. The van der Waals surface area contributed by atoms with Crippen LogP contribution in [0.5, 0.6) is 11.5 Å². The maximum absolute atomic E-state index is 12.7. The molecule has 28 heavy (non-hydrogen) atoms. The average Bonchev–Trinajstić information content (AvgIpc) is 3.21. The zero-order valence-electron chi connectivity index (χ0n) is 16.2. The zero-order chi connectivity index (χ0) is 19.5. The second-order valence-corrected chi connectivity index (χ2v) is 7.19. The number of carbonyl (C=O) groups excluding carboxylic acids is 1. The van der Waals surface area contributed by atoms with E-state index in [1.54, 1.807) is 12.3 Å². The standard InChI is InChI=1S/C20H25N5O3/c1-14(20(26)22-15-5-6-17-18(12-15)28-13-27-17)25-10-7-16(8-11-25)24(2)19-4-3-9-21-23-19/h3-6,9,12,14,16H,7-8,10-11,13H2,1-2H3,(H,22,26). The highest BCUT2D eigenvalue weighted by atomic mass is 16.7. The molecule has 2 aliphatic heterocycles. The van der Waals surface area contributed by atoms with Crippen molar-refractivity contribution in [2.24, 2.45) is 0 Å². The molecular formula is C20H25N5O3. The van der Waals surface area contributed by atoms with Crippen LogP contribution in [0, 0.1) is 0 Å². The van der Waals surface area contributed by atoms with Crippen molar-refractivity contribution < 1.29 is 14.3 Å². The molecule has 1 fully saturated rings. The van der Waals surface area contributed by atoms with E-state index in [2.05, 4.69) is 32.4 Å². The van der Waals surface area contributed by atoms with Crippen molar-refractivity contribution >= 4 is 17.4 Å². The quantitative estimate of drug-likeness (QED) is 0.847. The summed E-state index contributed by atoms with van der Waals surface area (Å²) >= 11 is 0. The maximum atomic E-state index is 12.7. The fourth-order valence-corrected chi connectivity index (χ4v) is 3.72. The van der Waals surface area contributed by atoms with Gasteiger partial charge in [-0.3, -0.25) is 9.69 Å². The molecule has 1 N–H and O–H groups in total. The van der Waals surface area contributed by atoms with Crippen molar-refractivity contribution in [3.05, 3.63) is 36.5 Å². The molecule has 4 rings (SSSR count). The van der Waals surface area contributed by atoms with Crippen molar-refractivity contribution in [2.45, 2.75) is 31.8 Å². The highest BCUT2D eigenvalue weighted by molar-refractivity contribution is 5.94. The van der Waals surface area contributed by atoms with Gasteiger partial charge in [-0.05, 0) is 44.0 Å². The van der Waals surface area contributed by atoms with E-state index < -0.39 is 0 Å². The topological polar surface area (TPSA) is 79.8 Å². The van der Waals surface area contributed by atoms with Gasteiger partial charge < -0.3 is 19.7 Å². The Morgan fingerprint density at radius 3 is 2.79 bits per heavy atom. The normalized spacial score (nSPS) is 17.9. The van der Waals surface area contributed by atoms with Crippen LogP contribution in [0.1, 0.15) is 19.8 Å². The van der Waals surface area contributed by atoms with Gasteiger partial charge in [0, 0.05) is 44.1 Å². The smallest absolute Gasteiger partial charge is 0.241 e. The van der Waals surface area contributed by atoms with Gasteiger partial charge in [-0.1, -0.05) is 0 Å². The van der Waals surface area contributed by atoms with Crippen LogP contribution in [-0.4, -0.2) is 60.0 Å². The Morgan fingerprint density at radius 2 is 2.04 bits per heavy atom. The molecule has 1 saturated heterocycles. The lowest BCUT2D eigenvalue weighted by molar-refractivity contribution is -0.121. The van der Waals surface area contributed by atoms with Gasteiger partial charge >= 0.3 is 0 Å². The van der Waals surface area contributed by atoms with Crippen molar-refractivity contribution in [1.82, 2.24) is 15.1 Å². The van der Waals surface area contributed by atoms with Gasteiger partial charge in [0.05, 0.1) is 6.04 Å². The van der Waals surface area contributed by atoms with Crippen LogP contribution in [0.15, 0.2) is 36.5 Å². The number of carbonyl (C=O) groups is 1. The first kappa shape index (κ1) is 18.5. The van der Waals surface area contributed by atoms with E-state index in [0.29, 0.717) is 17.5 Å². The predicted molar refractivity (Wildman–Crippen MR) is 106 cm³/mol. The molecule has 0 saturated carbocycles. The molecule has 1 atom stereocenters. The maximum Gasteiger partial charge on any atom is 0.241 e. The van der Waals surface area contributed by atoms with Crippen molar-refractivity contribution in [2.75, 3.05) is 37.1 Å². The Balaban J connectivity index is 1.31. The van der Waals surface area contributed by atoms with E-state index in [-0.39, 0.29) is 18.7 Å². The molecule has 8 nitrogen and oxygen atoms in total. The van der Waals surface area contributed by atoms with Crippen LogP contribution in [0.4, 0.5) is 11.5 Å². The summed E-state index contributed by atoms with van der Waals surface area (Å²) < 4.78 is 10.7. The first-order valence-corrected chi connectivity index (χ1v) is 9.57. The number of anilines is 2. The fourth-order valence-electron chi connectivity index (χ4n) is 3.72. The van der Waals surface area contributed by atoms with E-state index in [0.717, 1.165) is 37.4 Å². The van der Waals surface area contributed by atoms with Crippen LogP contribution in [-0.2, 0) is 4.79 Å². The Hall–Kier alpha value is -2.87. The lowest BCUT2D eigenvalue weighted by Gasteiger charge is -2.39. The number of likely N-dealkylation sites (tertiary alicyclic amines) is 1. The van der Waals surface area contributed by atoms with Crippen LogP contribution in [0.25, 0.3) is 0 Å². The lowest BCUT2D eigenvalue weighted by atomic mass is 10.0. The number of fused-ring (bicyclic) bond motifs is 1. The van der Waals surface area contributed by atoms with Crippen LogP contribution >= 0.6 is 0 Å². The number of nitrogens with one attached hydrogen (secondary N) is 1. The Kier molecular flexibility index (Phi) is 5.29. The molecule has 0 spiro atoms. The minimum Gasteiger partial charge on any atom is -0.454 e. The molecule has 2 aromatic rings. The molecule has 1 amide bonds. The molecule has 8 heteroatoms. The number of aromatic nitrogens is 2. The monoisotopic (exact) mass is 383 g/mol. The second-order valence-electron chi connectivity index (χ2n) is 7.19. The third-order valence-electron chi connectivity index (χ3n) is 5.53. The summed E-state index contributed by atoms with van der Waals surface area (Å²) in [6.07, 6.45) is 3.64. The molecule has 2 aliphatic rings. The summed E-state index contributed by atoms with van der Waals surface area (Å²) in [7, 11) is 2.06. The minimum absolute atomic E-state index is 0.0143. The van der Waals surface area contributed by atoms with Crippen molar-refractivity contribution in [3.63, 3.8) is 0 Å². The molecule has 3 heterocycles. The SMILES string of the molecule is CC(C(=O)Nc1ccc2c(c1)OCO2)N1CCC(N(C)c2cccnn2)CC1. The van der Waals surface area contributed by atoms with E-state index in [4.69, 9.17) is 9.47 Å². The number of rotatable bonds is 5. The van der Waals surface area contributed by atoms with Gasteiger partial charge in [0.25, 0.3) is 0 Å². The largest absolute Gasteiger partial charge is 0.454 e. The van der Waals surface area contributed by atoms with E-state index in [1.807, 2.05) is 31.2 Å².